The summed E-state index contributed by atoms with van der Waals surface area (Å²) in [6.45, 7) is 3.30. The number of rotatable bonds is 4. The highest BCUT2D eigenvalue weighted by atomic mass is 16.7. The van der Waals surface area contributed by atoms with Crippen molar-refractivity contribution in [3.8, 4) is 11.5 Å². The zero-order chi connectivity index (χ0) is 16.5. The van der Waals surface area contributed by atoms with Crippen LogP contribution in [0.15, 0.2) is 36.4 Å². The fraction of sp³-hybridized carbons (Fsp3) is 0.235. The molecule has 1 N–H and O–H groups in total. The lowest BCUT2D eigenvalue weighted by Gasteiger charge is -2.21. The van der Waals surface area contributed by atoms with Crippen molar-refractivity contribution in [3.63, 3.8) is 0 Å². The second-order valence-corrected chi connectivity index (χ2v) is 5.53. The number of carbonyl (C=O) groups is 1. The molecule has 0 fully saturated rings. The van der Waals surface area contributed by atoms with Gasteiger partial charge in [-0.2, -0.15) is 15.4 Å². The van der Waals surface area contributed by atoms with E-state index in [1.165, 1.54) is 0 Å². The van der Waals surface area contributed by atoms with Gasteiger partial charge in [0.25, 0.3) is 5.91 Å². The molecule has 1 aliphatic rings. The highest BCUT2D eigenvalue weighted by molar-refractivity contribution is 5.97. The average molecular weight is 324 g/mol. The molecule has 24 heavy (non-hydrogen) atoms. The molecule has 2 aromatic carbocycles. The Morgan fingerprint density at radius 2 is 1.96 bits per heavy atom. The van der Waals surface area contributed by atoms with Gasteiger partial charge in [0.05, 0.1) is 0 Å². The Morgan fingerprint density at radius 3 is 2.83 bits per heavy atom. The molecule has 0 saturated heterocycles. The van der Waals surface area contributed by atoms with E-state index in [1.807, 2.05) is 25.1 Å². The maximum Gasteiger partial charge on any atom is 0.254 e. The second kappa shape index (κ2) is 5.84. The summed E-state index contributed by atoms with van der Waals surface area (Å²) in [5, 5.41) is 10.6. The van der Waals surface area contributed by atoms with Crippen molar-refractivity contribution in [1.29, 1.82) is 0 Å². The quantitative estimate of drug-likeness (QED) is 0.797. The molecule has 1 aliphatic heterocycles. The van der Waals surface area contributed by atoms with Crippen LogP contribution < -0.4 is 9.47 Å². The molecule has 4 rings (SSSR count). The van der Waals surface area contributed by atoms with Gasteiger partial charge >= 0.3 is 0 Å². The van der Waals surface area contributed by atoms with Gasteiger partial charge < -0.3 is 14.4 Å². The number of H-pyrrole nitrogens is 1. The van der Waals surface area contributed by atoms with E-state index in [0.29, 0.717) is 24.2 Å². The lowest BCUT2D eigenvalue weighted by molar-refractivity contribution is 0.0752. The number of hydrogen-bond acceptors (Lipinski definition) is 5. The van der Waals surface area contributed by atoms with Gasteiger partial charge in [-0.1, -0.05) is 6.07 Å². The van der Waals surface area contributed by atoms with Gasteiger partial charge in [-0.15, -0.1) is 0 Å². The normalized spacial score (nSPS) is 12.5. The number of nitrogens with zero attached hydrogens (tertiary/aromatic N) is 3. The van der Waals surface area contributed by atoms with Crippen LogP contribution in [0.5, 0.6) is 11.5 Å². The first-order valence-corrected chi connectivity index (χ1v) is 7.73. The molecule has 1 aromatic heterocycles. The van der Waals surface area contributed by atoms with Gasteiger partial charge in [0.2, 0.25) is 6.79 Å². The fourth-order valence-corrected chi connectivity index (χ4v) is 2.74. The fourth-order valence-electron chi connectivity index (χ4n) is 2.74. The van der Waals surface area contributed by atoms with E-state index in [4.69, 9.17) is 9.47 Å². The highest BCUT2D eigenvalue weighted by Gasteiger charge is 2.18. The van der Waals surface area contributed by atoms with Gasteiger partial charge in [0.1, 0.15) is 11.0 Å². The number of aromatic amines is 1. The summed E-state index contributed by atoms with van der Waals surface area (Å²) in [5.74, 6) is 1.42. The predicted molar refractivity (Wildman–Crippen MR) is 86.9 cm³/mol. The molecular weight excluding hydrogens is 308 g/mol. The molecule has 0 atom stereocenters. The van der Waals surface area contributed by atoms with Crippen molar-refractivity contribution in [2.75, 3.05) is 13.3 Å². The lowest BCUT2D eigenvalue weighted by Crippen LogP contribution is -2.30. The zero-order valence-electron chi connectivity index (χ0n) is 13.2. The Balaban J connectivity index is 1.57. The van der Waals surface area contributed by atoms with Gasteiger partial charge in [0.15, 0.2) is 11.5 Å². The predicted octanol–water partition coefficient (Wildman–Crippen LogP) is 2.35. The number of benzene rings is 2. The number of amides is 1. The van der Waals surface area contributed by atoms with Crippen LogP contribution in [-0.2, 0) is 6.54 Å². The van der Waals surface area contributed by atoms with Crippen molar-refractivity contribution in [2.45, 2.75) is 13.5 Å². The smallest absolute Gasteiger partial charge is 0.254 e. The van der Waals surface area contributed by atoms with E-state index in [2.05, 4.69) is 15.4 Å². The third kappa shape index (κ3) is 2.54. The number of aromatic nitrogens is 3. The van der Waals surface area contributed by atoms with Crippen LogP contribution in [0, 0.1) is 0 Å². The number of hydrogen-bond donors (Lipinski definition) is 1. The van der Waals surface area contributed by atoms with Crippen LogP contribution in [0.4, 0.5) is 0 Å². The van der Waals surface area contributed by atoms with Crippen molar-refractivity contribution in [2.24, 2.45) is 0 Å². The number of fused-ring (bicyclic) bond motifs is 2. The van der Waals surface area contributed by atoms with Gasteiger partial charge in [0, 0.05) is 18.7 Å². The van der Waals surface area contributed by atoms with E-state index in [9.17, 15) is 4.79 Å². The molecule has 0 saturated carbocycles. The Morgan fingerprint density at radius 1 is 1.12 bits per heavy atom. The first-order chi connectivity index (χ1) is 11.7. The van der Waals surface area contributed by atoms with Crippen molar-refractivity contribution < 1.29 is 14.3 Å². The summed E-state index contributed by atoms with van der Waals surface area (Å²) in [5.41, 5.74) is 3.02. The zero-order valence-corrected chi connectivity index (χ0v) is 13.2. The molecule has 2 heterocycles. The minimum absolute atomic E-state index is 0.0416. The minimum atomic E-state index is -0.0416. The van der Waals surface area contributed by atoms with Crippen LogP contribution in [0.3, 0.4) is 0 Å². The summed E-state index contributed by atoms with van der Waals surface area (Å²) in [6, 6.07) is 11.1. The molecular formula is C17H16N4O3. The molecule has 3 aromatic rings. The minimum Gasteiger partial charge on any atom is -0.454 e. The first-order valence-electron chi connectivity index (χ1n) is 7.73. The molecule has 0 bridgehead atoms. The van der Waals surface area contributed by atoms with Crippen LogP contribution >= 0.6 is 0 Å². The Kier molecular flexibility index (Phi) is 3.53. The molecule has 0 spiro atoms. The monoisotopic (exact) mass is 324 g/mol. The topological polar surface area (TPSA) is 80.3 Å². The molecule has 122 valence electrons. The largest absolute Gasteiger partial charge is 0.454 e. The van der Waals surface area contributed by atoms with Crippen molar-refractivity contribution >= 4 is 16.9 Å². The Labute approximate surface area is 138 Å². The maximum atomic E-state index is 12.8. The van der Waals surface area contributed by atoms with Gasteiger partial charge in [-0.05, 0) is 42.8 Å². The Hall–Kier alpha value is -3.09. The molecule has 7 nitrogen and oxygen atoms in total. The summed E-state index contributed by atoms with van der Waals surface area (Å²) < 4.78 is 10.7. The van der Waals surface area contributed by atoms with Crippen LogP contribution in [0.1, 0.15) is 22.8 Å². The van der Waals surface area contributed by atoms with Gasteiger partial charge in [-0.3, -0.25) is 4.79 Å². The van der Waals surface area contributed by atoms with Gasteiger partial charge in [-0.25, -0.2) is 0 Å². The first kappa shape index (κ1) is 14.5. The molecule has 0 aliphatic carbocycles. The standard InChI is InChI=1S/C17H16N4O3/c1-2-21(9-11-3-6-15-16(7-11)24-10-23-15)17(22)12-4-5-13-14(8-12)19-20-18-13/h3-8H,2,9-10H2,1H3,(H,18,19,20). The molecule has 0 unspecified atom stereocenters. The number of carbonyl (C=O) groups excluding carboxylic acids is 1. The summed E-state index contributed by atoms with van der Waals surface area (Å²) >= 11 is 0. The maximum absolute atomic E-state index is 12.8. The van der Waals surface area contributed by atoms with E-state index in [1.54, 1.807) is 23.1 Å². The number of nitrogens with one attached hydrogen (secondary N) is 1. The van der Waals surface area contributed by atoms with Crippen molar-refractivity contribution in [3.05, 3.63) is 47.5 Å². The van der Waals surface area contributed by atoms with Crippen LogP contribution in [0.25, 0.3) is 11.0 Å². The summed E-state index contributed by atoms with van der Waals surface area (Å²) in [7, 11) is 0. The van der Waals surface area contributed by atoms with E-state index >= 15 is 0 Å². The van der Waals surface area contributed by atoms with Crippen LogP contribution in [-0.4, -0.2) is 39.6 Å². The van der Waals surface area contributed by atoms with E-state index < -0.39 is 0 Å². The molecule has 1 amide bonds. The van der Waals surface area contributed by atoms with E-state index in [-0.39, 0.29) is 12.7 Å². The SMILES string of the molecule is CCN(Cc1ccc2c(c1)OCO2)C(=O)c1ccc2n[nH]nc2c1. The Bertz CT molecular complexity index is 906. The second-order valence-electron chi connectivity index (χ2n) is 5.53. The third-order valence-electron chi connectivity index (χ3n) is 4.04. The number of ether oxygens (including phenoxy) is 2. The van der Waals surface area contributed by atoms with Crippen LogP contribution in [0.2, 0.25) is 0 Å². The summed E-state index contributed by atoms with van der Waals surface area (Å²) in [4.78, 5) is 14.6. The lowest BCUT2D eigenvalue weighted by atomic mass is 10.1. The molecule has 7 heteroatoms. The average Bonchev–Trinajstić information content (AvgIpc) is 3.26. The highest BCUT2D eigenvalue weighted by Crippen LogP contribution is 2.32. The molecule has 0 radical (unpaired) electrons. The third-order valence-corrected chi connectivity index (χ3v) is 4.04. The van der Waals surface area contributed by atoms with E-state index in [0.717, 1.165) is 22.6 Å². The van der Waals surface area contributed by atoms with Crippen molar-refractivity contribution in [1.82, 2.24) is 20.3 Å². The summed E-state index contributed by atoms with van der Waals surface area (Å²) in [6.07, 6.45) is 0.